The van der Waals surface area contributed by atoms with Gasteiger partial charge in [-0.1, -0.05) is 67.7 Å². The fourth-order valence-corrected chi connectivity index (χ4v) is 6.54. The van der Waals surface area contributed by atoms with Crippen molar-refractivity contribution in [3.8, 4) is 5.75 Å². The molecule has 2 aromatic rings. The highest BCUT2D eigenvalue weighted by atomic mass is 19.3. The van der Waals surface area contributed by atoms with Gasteiger partial charge in [0.2, 0.25) is 5.91 Å². The molecule has 1 heterocycles. The fourth-order valence-electron chi connectivity index (χ4n) is 6.54. The molecule has 1 aromatic heterocycles. The summed E-state index contributed by atoms with van der Waals surface area (Å²) < 4.78 is 41.2. The first-order valence-corrected chi connectivity index (χ1v) is 17.3. The van der Waals surface area contributed by atoms with Crippen LogP contribution in [0.25, 0.3) is 11.0 Å². The van der Waals surface area contributed by atoms with Gasteiger partial charge in [-0.15, -0.1) is 0 Å². The second kappa shape index (κ2) is 16.7. The molecule has 3 rings (SSSR count). The summed E-state index contributed by atoms with van der Waals surface area (Å²) in [5, 5.41) is 5.69. The zero-order valence-electron chi connectivity index (χ0n) is 29.7. The lowest BCUT2D eigenvalue weighted by atomic mass is 9.84. The van der Waals surface area contributed by atoms with Crippen molar-refractivity contribution in [2.45, 2.75) is 130 Å². The Labute approximate surface area is 282 Å². The summed E-state index contributed by atoms with van der Waals surface area (Å²) in [6, 6.07) is 3.05. The standard InChI is InChI=1S/C36H54F2N4O6/c1-9-22(10-2)28(29(43)21(3)4)41-32(44)30(35(5,6)7)42-34(46)48-27-16-13-15-23(27)14-11-12-19-36(37,38)31-33(45)40-26-20-24(47-8)17-18-25(26)39-31/h17-18,20-23,27-28,30H,9-16,19H2,1-8H3,(H,40,45)(H,41,44)(H,42,46)/t23-,27?,28+,30?/m1/s1. The zero-order valence-corrected chi connectivity index (χ0v) is 29.7. The number of nitrogens with zero attached hydrogens (tertiary/aromatic N) is 1. The second-order valence-electron chi connectivity index (χ2n) is 14.4. The number of alkyl carbamates (subject to hydrolysis) is 1. The number of unbranched alkanes of at least 4 members (excludes halogenated alkanes) is 1. The highest BCUT2D eigenvalue weighted by Gasteiger charge is 2.39. The van der Waals surface area contributed by atoms with E-state index < -0.39 is 59.2 Å². The number of nitrogens with one attached hydrogen (secondary N) is 3. The molecule has 1 fully saturated rings. The molecule has 0 radical (unpaired) electrons. The molecule has 0 saturated heterocycles. The number of carbonyl (C=O) groups is 3. The van der Waals surface area contributed by atoms with Gasteiger partial charge in [-0.2, -0.15) is 8.78 Å². The van der Waals surface area contributed by atoms with E-state index in [1.807, 2.05) is 48.5 Å². The van der Waals surface area contributed by atoms with Crippen molar-refractivity contribution >= 4 is 28.8 Å². The minimum atomic E-state index is -3.41. The van der Waals surface area contributed by atoms with Crippen LogP contribution >= 0.6 is 0 Å². The maximum Gasteiger partial charge on any atom is 0.408 e. The second-order valence-corrected chi connectivity index (χ2v) is 14.4. The topological polar surface area (TPSA) is 139 Å². The maximum atomic E-state index is 15.1. The molecule has 1 aliphatic carbocycles. The van der Waals surface area contributed by atoms with Crippen molar-refractivity contribution < 1.29 is 32.6 Å². The van der Waals surface area contributed by atoms with E-state index in [2.05, 4.69) is 20.6 Å². The van der Waals surface area contributed by atoms with Crippen molar-refractivity contribution in [1.82, 2.24) is 20.6 Å². The number of aromatic amines is 1. The minimum absolute atomic E-state index is 0.00799. The number of ether oxygens (including phenoxy) is 2. The summed E-state index contributed by atoms with van der Waals surface area (Å²) >= 11 is 0. The third-order valence-electron chi connectivity index (χ3n) is 9.49. The van der Waals surface area contributed by atoms with Gasteiger partial charge < -0.3 is 25.1 Å². The molecule has 1 aliphatic rings. The van der Waals surface area contributed by atoms with E-state index in [9.17, 15) is 19.2 Å². The molecule has 0 aliphatic heterocycles. The van der Waals surface area contributed by atoms with Crippen molar-refractivity contribution in [3.63, 3.8) is 0 Å². The Bertz CT molecular complexity index is 1470. The zero-order chi connectivity index (χ0) is 35.8. The van der Waals surface area contributed by atoms with E-state index in [1.165, 1.54) is 19.2 Å². The number of Topliss-reactive ketones (excluding diaryl/α,β-unsaturated/α-hetero) is 1. The lowest BCUT2D eigenvalue weighted by Gasteiger charge is -2.34. The molecule has 48 heavy (non-hydrogen) atoms. The van der Waals surface area contributed by atoms with Crippen LogP contribution in [-0.2, 0) is 20.2 Å². The fraction of sp³-hybridized carbons (Fsp3) is 0.694. The quantitative estimate of drug-likeness (QED) is 0.162. The number of ketones is 1. The number of carbonyl (C=O) groups excluding carboxylic acids is 3. The largest absolute Gasteiger partial charge is 0.497 e. The van der Waals surface area contributed by atoms with E-state index in [-0.39, 0.29) is 35.5 Å². The Morgan fingerprint density at radius 3 is 2.35 bits per heavy atom. The highest BCUT2D eigenvalue weighted by molar-refractivity contribution is 5.93. The Hall–Kier alpha value is -3.57. The molecule has 2 amide bonds. The normalized spacial score (nSPS) is 18.2. The lowest BCUT2D eigenvalue weighted by molar-refractivity contribution is -0.133. The molecule has 1 aromatic carbocycles. The molecule has 10 nitrogen and oxygen atoms in total. The van der Waals surface area contributed by atoms with Crippen LogP contribution in [0.15, 0.2) is 23.0 Å². The Kier molecular flexibility index (Phi) is 13.5. The molecular formula is C36H54F2N4O6. The number of halogens is 2. The number of aromatic nitrogens is 2. The SMILES string of the molecule is CCC(CC)[C@H](NC(=O)C(NC(=O)OC1CCC[C@H]1CCCCC(F)(F)c1nc2ccc(OC)cc2[nH]c1=O)C(C)(C)C)C(=O)C(C)C. The van der Waals surface area contributed by atoms with E-state index >= 15 is 8.78 Å². The van der Waals surface area contributed by atoms with Crippen molar-refractivity contribution in [2.24, 2.45) is 23.2 Å². The van der Waals surface area contributed by atoms with Crippen molar-refractivity contribution in [3.05, 3.63) is 34.2 Å². The van der Waals surface area contributed by atoms with Crippen LogP contribution in [0.3, 0.4) is 0 Å². The summed E-state index contributed by atoms with van der Waals surface area (Å²) in [7, 11) is 1.47. The van der Waals surface area contributed by atoms with Crippen LogP contribution in [0.2, 0.25) is 0 Å². The molecule has 3 N–H and O–H groups in total. The number of fused-ring (bicyclic) bond motifs is 1. The Balaban J connectivity index is 1.58. The van der Waals surface area contributed by atoms with Gasteiger partial charge in [0.15, 0.2) is 11.5 Å². The molecule has 0 spiro atoms. The molecule has 4 atom stereocenters. The number of hydrogen-bond donors (Lipinski definition) is 3. The number of hydrogen-bond acceptors (Lipinski definition) is 7. The van der Waals surface area contributed by atoms with E-state index in [0.717, 1.165) is 25.7 Å². The minimum Gasteiger partial charge on any atom is -0.497 e. The first-order chi connectivity index (χ1) is 22.5. The molecule has 0 bridgehead atoms. The number of benzene rings is 1. The molecule has 1 saturated carbocycles. The Morgan fingerprint density at radius 2 is 1.75 bits per heavy atom. The first kappa shape index (κ1) is 38.9. The van der Waals surface area contributed by atoms with E-state index in [4.69, 9.17) is 9.47 Å². The van der Waals surface area contributed by atoms with Gasteiger partial charge in [0, 0.05) is 18.4 Å². The van der Waals surface area contributed by atoms with Crippen LogP contribution in [0.4, 0.5) is 13.6 Å². The summed E-state index contributed by atoms with van der Waals surface area (Å²) in [5.74, 6) is -3.70. The maximum absolute atomic E-state index is 15.1. The number of amides is 2. The third-order valence-corrected chi connectivity index (χ3v) is 9.49. The average molecular weight is 677 g/mol. The molecule has 12 heteroatoms. The molecule has 2 unspecified atom stereocenters. The number of methoxy groups -OCH3 is 1. The van der Waals surface area contributed by atoms with Crippen molar-refractivity contribution in [2.75, 3.05) is 7.11 Å². The molecular weight excluding hydrogens is 622 g/mol. The van der Waals surface area contributed by atoms with Gasteiger partial charge in [0.25, 0.3) is 11.5 Å². The van der Waals surface area contributed by atoms with E-state index in [0.29, 0.717) is 30.5 Å². The number of rotatable bonds is 16. The predicted octanol–water partition coefficient (Wildman–Crippen LogP) is 7.04. The first-order valence-electron chi connectivity index (χ1n) is 17.3. The van der Waals surface area contributed by atoms with Gasteiger partial charge >= 0.3 is 6.09 Å². The summed E-state index contributed by atoms with van der Waals surface area (Å²) in [6.45, 7) is 13.1. The lowest BCUT2D eigenvalue weighted by Crippen LogP contribution is -2.58. The van der Waals surface area contributed by atoms with Crippen LogP contribution in [0.1, 0.15) is 112 Å². The van der Waals surface area contributed by atoms with Crippen LogP contribution in [-0.4, -0.2) is 53.0 Å². The average Bonchev–Trinajstić information content (AvgIpc) is 3.46. The van der Waals surface area contributed by atoms with Gasteiger partial charge in [0.1, 0.15) is 17.9 Å². The highest BCUT2D eigenvalue weighted by Crippen LogP contribution is 2.35. The predicted molar refractivity (Wildman–Crippen MR) is 181 cm³/mol. The molecule has 268 valence electrons. The summed E-state index contributed by atoms with van der Waals surface area (Å²) in [4.78, 5) is 58.6. The number of H-pyrrole nitrogens is 1. The third kappa shape index (κ3) is 9.98. The smallest absolute Gasteiger partial charge is 0.408 e. The van der Waals surface area contributed by atoms with Crippen LogP contribution in [0, 0.1) is 23.2 Å². The van der Waals surface area contributed by atoms with Gasteiger partial charge in [0.05, 0.1) is 24.2 Å². The van der Waals surface area contributed by atoms with Crippen molar-refractivity contribution in [1.29, 1.82) is 0 Å². The number of alkyl halides is 2. The van der Waals surface area contributed by atoms with E-state index in [1.54, 1.807) is 6.07 Å². The van der Waals surface area contributed by atoms with Gasteiger partial charge in [-0.3, -0.25) is 14.4 Å². The van der Waals surface area contributed by atoms with Crippen LogP contribution in [0.5, 0.6) is 5.75 Å². The monoisotopic (exact) mass is 676 g/mol. The van der Waals surface area contributed by atoms with Crippen LogP contribution < -0.4 is 20.9 Å². The van der Waals surface area contributed by atoms with Gasteiger partial charge in [-0.05, 0) is 61.5 Å². The van der Waals surface area contributed by atoms with Gasteiger partial charge in [-0.25, -0.2) is 9.78 Å². The summed E-state index contributed by atoms with van der Waals surface area (Å²) in [5.41, 5.74) is -1.85. The summed E-state index contributed by atoms with van der Waals surface area (Å²) in [6.07, 6.45) is 3.24. The Morgan fingerprint density at radius 1 is 1.06 bits per heavy atom.